The van der Waals surface area contributed by atoms with Gasteiger partial charge in [0, 0.05) is 17.7 Å². The predicted octanol–water partition coefficient (Wildman–Crippen LogP) is 2.30. The molecule has 1 aliphatic rings. The van der Waals surface area contributed by atoms with Crippen molar-refractivity contribution in [1.82, 2.24) is 10.2 Å². The smallest absolute Gasteiger partial charge is 0.338 e. The van der Waals surface area contributed by atoms with E-state index in [0.29, 0.717) is 31.0 Å². The molecule has 2 rings (SSSR count). The molecule has 1 aliphatic heterocycles. The minimum absolute atomic E-state index is 0.235. The summed E-state index contributed by atoms with van der Waals surface area (Å²) < 4.78 is 10.2. The quantitative estimate of drug-likeness (QED) is 0.815. The first-order chi connectivity index (χ1) is 10.6. The Morgan fingerprint density at radius 1 is 1.50 bits per heavy atom. The van der Waals surface area contributed by atoms with Gasteiger partial charge in [0.15, 0.2) is 0 Å². The molecule has 6 nitrogen and oxygen atoms in total. The average molecular weight is 324 g/mol. The Kier molecular flexibility index (Phi) is 5.57. The van der Waals surface area contributed by atoms with Crippen molar-refractivity contribution >= 4 is 23.3 Å². The second-order valence-corrected chi connectivity index (χ2v) is 5.74. The number of esters is 1. The molecule has 1 N–H and O–H groups in total. The van der Waals surface area contributed by atoms with Crippen molar-refractivity contribution in [3.05, 3.63) is 33.7 Å². The van der Waals surface area contributed by atoms with E-state index in [9.17, 15) is 9.59 Å². The van der Waals surface area contributed by atoms with Gasteiger partial charge in [-0.25, -0.2) is 9.59 Å². The summed E-state index contributed by atoms with van der Waals surface area (Å²) in [5.41, 5.74) is 1.08. The van der Waals surface area contributed by atoms with Crippen molar-refractivity contribution in [2.45, 2.75) is 19.9 Å². The maximum atomic E-state index is 12.4. The largest absolute Gasteiger partial charge is 0.463 e. The Labute approximate surface area is 133 Å². The fraction of sp³-hybridized carbons (Fsp3) is 0.467. The number of urea groups is 1. The number of carbonyl (C=O) groups is 2. The number of amides is 2. The number of methoxy groups -OCH3 is 1. The highest BCUT2D eigenvalue weighted by atomic mass is 32.1. The van der Waals surface area contributed by atoms with Crippen molar-refractivity contribution in [2.24, 2.45) is 0 Å². The molecular formula is C15H20N2O4S. The normalized spacial score (nSPS) is 18.4. The lowest BCUT2D eigenvalue weighted by molar-refractivity contribution is -0.139. The number of hydrogen-bond acceptors (Lipinski definition) is 5. The summed E-state index contributed by atoms with van der Waals surface area (Å²) in [6, 6.07) is 3.08. The second-order valence-electron chi connectivity index (χ2n) is 4.76. The summed E-state index contributed by atoms with van der Waals surface area (Å²) in [7, 11) is 1.57. The number of rotatable bonds is 6. The van der Waals surface area contributed by atoms with E-state index < -0.39 is 12.0 Å². The Balaban J connectivity index is 2.40. The molecule has 0 radical (unpaired) electrons. The van der Waals surface area contributed by atoms with Crippen LogP contribution in [0.4, 0.5) is 4.79 Å². The molecule has 0 saturated heterocycles. The number of nitrogens with zero attached hydrogens (tertiary/aromatic N) is 1. The van der Waals surface area contributed by atoms with Gasteiger partial charge in [-0.3, -0.25) is 4.90 Å². The van der Waals surface area contributed by atoms with E-state index in [4.69, 9.17) is 9.47 Å². The van der Waals surface area contributed by atoms with Crippen molar-refractivity contribution < 1.29 is 19.1 Å². The lowest BCUT2D eigenvalue weighted by Gasteiger charge is -2.34. The number of nitrogens with one attached hydrogen (secondary N) is 1. The zero-order chi connectivity index (χ0) is 16.1. The van der Waals surface area contributed by atoms with Gasteiger partial charge in [0.1, 0.15) is 0 Å². The highest BCUT2D eigenvalue weighted by Gasteiger charge is 2.36. The maximum absolute atomic E-state index is 12.4. The summed E-state index contributed by atoms with van der Waals surface area (Å²) in [4.78, 5) is 27.1. The molecule has 120 valence electrons. The molecule has 0 aromatic carbocycles. The molecule has 1 aromatic rings. The molecule has 0 aliphatic carbocycles. The van der Waals surface area contributed by atoms with Crippen LogP contribution in [0.25, 0.3) is 0 Å². The standard InChI is InChI=1S/C15H20N2O4S/c1-4-21-14(18)12-10(2)17(7-8-20-3)15(19)16-13(12)11-6-5-9-22-11/h5-6,9,13H,4,7-8H2,1-3H3,(H,16,19). The van der Waals surface area contributed by atoms with Crippen LogP contribution in [0, 0.1) is 0 Å². The molecule has 2 amide bonds. The van der Waals surface area contributed by atoms with Crippen molar-refractivity contribution in [2.75, 3.05) is 26.9 Å². The van der Waals surface area contributed by atoms with Gasteiger partial charge >= 0.3 is 12.0 Å². The summed E-state index contributed by atoms with van der Waals surface area (Å²) in [5, 5.41) is 4.79. The molecule has 0 spiro atoms. The zero-order valence-electron chi connectivity index (χ0n) is 12.9. The van der Waals surface area contributed by atoms with E-state index in [1.54, 1.807) is 21.0 Å². The fourth-order valence-electron chi connectivity index (χ4n) is 2.38. The van der Waals surface area contributed by atoms with Crippen LogP contribution in [0.3, 0.4) is 0 Å². The van der Waals surface area contributed by atoms with Crippen LogP contribution < -0.4 is 5.32 Å². The van der Waals surface area contributed by atoms with Crippen LogP contribution in [-0.2, 0) is 14.3 Å². The van der Waals surface area contributed by atoms with E-state index in [0.717, 1.165) is 4.88 Å². The monoisotopic (exact) mass is 324 g/mol. The topological polar surface area (TPSA) is 67.9 Å². The van der Waals surface area contributed by atoms with Gasteiger partial charge in [-0.1, -0.05) is 6.07 Å². The molecule has 0 fully saturated rings. The third-order valence-corrected chi connectivity index (χ3v) is 4.38. The van der Waals surface area contributed by atoms with Crippen LogP contribution in [0.1, 0.15) is 24.8 Å². The number of hydrogen-bond donors (Lipinski definition) is 1. The zero-order valence-corrected chi connectivity index (χ0v) is 13.7. The third kappa shape index (κ3) is 3.31. The van der Waals surface area contributed by atoms with Crippen molar-refractivity contribution in [3.63, 3.8) is 0 Å². The number of thiophene rings is 1. The summed E-state index contributed by atoms with van der Waals surface area (Å²) in [6.07, 6.45) is 0. The van der Waals surface area contributed by atoms with Gasteiger partial charge in [-0.05, 0) is 25.3 Å². The number of ether oxygens (including phenoxy) is 2. The van der Waals surface area contributed by atoms with Crippen LogP contribution >= 0.6 is 11.3 Å². The summed E-state index contributed by atoms with van der Waals surface area (Å²) in [6.45, 7) is 4.59. The van der Waals surface area contributed by atoms with Crippen LogP contribution in [-0.4, -0.2) is 43.8 Å². The Morgan fingerprint density at radius 3 is 2.86 bits per heavy atom. The van der Waals surface area contributed by atoms with Gasteiger partial charge in [-0.15, -0.1) is 11.3 Å². The first-order valence-corrected chi connectivity index (χ1v) is 7.96. The molecule has 2 heterocycles. The highest BCUT2D eigenvalue weighted by molar-refractivity contribution is 7.10. The lowest BCUT2D eigenvalue weighted by atomic mass is 10.0. The highest BCUT2D eigenvalue weighted by Crippen LogP contribution is 2.33. The average Bonchev–Trinajstić information content (AvgIpc) is 3.00. The van der Waals surface area contributed by atoms with Gasteiger partial charge in [0.05, 0.1) is 31.4 Å². The molecule has 0 saturated carbocycles. The molecular weight excluding hydrogens is 304 g/mol. The van der Waals surface area contributed by atoms with Crippen molar-refractivity contribution in [3.8, 4) is 0 Å². The lowest BCUT2D eigenvalue weighted by Crippen LogP contribution is -2.48. The van der Waals surface area contributed by atoms with Gasteiger partial charge in [0.25, 0.3) is 0 Å². The van der Waals surface area contributed by atoms with E-state index >= 15 is 0 Å². The third-order valence-electron chi connectivity index (χ3n) is 3.44. The first-order valence-electron chi connectivity index (χ1n) is 7.08. The molecule has 7 heteroatoms. The van der Waals surface area contributed by atoms with Crippen LogP contribution in [0.2, 0.25) is 0 Å². The molecule has 1 unspecified atom stereocenters. The van der Waals surface area contributed by atoms with Crippen molar-refractivity contribution in [1.29, 1.82) is 0 Å². The minimum Gasteiger partial charge on any atom is -0.463 e. The van der Waals surface area contributed by atoms with Gasteiger partial charge in [0.2, 0.25) is 0 Å². The number of carbonyl (C=O) groups excluding carboxylic acids is 2. The predicted molar refractivity (Wildman–Crippen MR) is 83.5 cm³/mol. The minimum atomic E-state index is -0.467. The van der Waals surface area contributed by atoms with E-state index in [1.807, 2.05) is 17.5 Å². The van der Waals surface area contributed by atoms with Gasteiger partial charge in [-0.2, -0.15) is 0 Å². The molecule has 1 atom stereocenters. The Hall–Kier alpha value is -1.86. The SMILES string of the molecule is CCOC(=O)C1=C(C)N(CCOC)C(=O)NC1c1cccs1. The Morgan fingerprint density at radius 2 is 2.27 bits per heavy atom. The first kappa shape index (κ1) is 16.5. The fourth-order valence-corrected chi connectivity index (χ4v) is 3.16. The Bertz CT molecular complexity index is 568. The van der Waals surface area contributed by atoms with E-state index in [1.165, 1.54) is 16.2 Å². The van der Waals surface area contributed by atoms with Gasteiger partial charge < -0.3 is 14.8 Å². The van der Waals surface area contributed by atoms with Crippen LogP contribution in [0.5, 0.6) is 0 Å². The summed E-state index contributed by atoms with van der Waals surface area (Å²) in [5.74, 6) is -0.402. The van der Waals surface area contributed by atoms with E-state index in [-0.39, 0.29) is 6.03 Å². The van der Waals surface area contributed by atoms with Crippen LogP contribution in [0.15, 0.2) is 28.8 Å². The number of allylic oxidation sites excluding steroid dienone is 1. The molecule has 22 heavy (non-hydrogen) atoms. The second kappa shape index (κ2) is 7.42. The summed E-state index contributed by atoms with van der Waals surface area (Å²) >= 11 is 1.49. The maximum Gasteiger partial charge on any atom is 0.338 e. The molecule has 0 bridgehead atoms. The van der Waals surface area contributed by atoms with E-state index in [2.05, 4.69) is 5.32 Å². The molecule has 1 aromatic heterocycles.